The summed E-state index contributed by atoms with van der Waals surface area (Å²) >= 11 is 0. The predicted octanol–water partition coefficient (Wildman–Crippen LogP) is 3.21. The van der Waals surface area contributed by atoms with Crippen LogP contribution in [0.25, 0.3) is 5.57 Å². The van der Waals surface area contributed by atoms with Crippen LogP contribution in [0.4, 0.5) is 0 Å². The van der Waals surface area contributed by atoms with Gasteiger partial charge in [0, 0.05) is 26.2 Å². The lowest BCUT2D eigenvalue weighted by Gasteiger charge is -2.28. The minimum atomic E-state index is 0.724. The second-order valence-electron chi connectivity index (χ2n) is 5.93. The van der Waals surface area contributed by atoms with Crippen molar-refractivity contribution >= 4 is 5.57 Å². The number of nitrogens with zero attached hydrogens (tertiary/aromatic N) is 1. The first-order valence-corrected chi connectivity index (χ1v) is 8.07. The van der Waals surface area contributed by atoms with Crippen LogP contribution in [0.2, 0.25) is 0 Å². The highest BCUT2D eigenvalue weighted by Crippen LogP contribution is 2.25. The van der Waals surface area contributed by atoms with E-state index in [2.05, 4.69) is 35.2 Å². The van der Waals surface area contributed by atoms with Gasteiger partial charge in [-0.3, -0.25) is 4.90 Å². The topological polar surface area (TPSA) is 21.7 Å². The summed E-state index contributed by atoms with van der Waals surface area (Å²) in [4.78, 5) is 2.55. The van der Waals surface area contributed by atoms with Gasteiger partial charge in [0.2, 0.25) is 0 Å². The second kappa shape index (κ2) is 7.10. The Labute approximate surface area is 127 Å². The van der Waals surface area contributed by atoms with E-state index in [-0.39, 0.29) is 0 Å². The maximum atomic E-state index is 5.50. The predicted molar refractivity (Wildman–Crippen MR) is 85.6 cm³/mol. The van der Waals surface area contributed by atoms with Crippen molar-refractivity contribution in [1.29, 1.82) is 0 Å². The molecular formula is C18H25NO2. The number of benzene rings is 1. The van der Waals surface area contributed by atoms with Gasteiger partial charge in [-0.25, -0.2) is 0 Å². The minimum absolute atomic E-state index is 0.724. The Kier molecular flexibility index (Phi) is 4.94. The maximum absolute atomic E-state index is 5.50. The monoisotopic (exact) mass is 287 g/mol. The third-order valence-corrected chi connectivity index (χ3v) is 4.37. The molecule has 0 aromatic heterocycles. The van der Waals surface area contributed by atoms with Gasteiger partial charge in [0.15, 0.2) is 0 Å². The van der Waals surface area contributed by atoms with Crippen molar-refractivity contribution < 1.29 is 9.47 Å². The Balaban J connectivity index is 1.56. The molecule has 21 heavy (non-hydrogen) atoms. The molecule has 0 aliphatic carbocycles. The fraction of sp³-hybridized carbons (Fsp3) is 0.556. The zero-order valence-electron chi connectivity index (χ0n) is 12.9. The van der Waals surface area contributed by atoms with Gasteiger partial charge < -0.3 is 9.47 Å². The molecule has 3 rings (SSSR count). The lowest BCUT2D eigenvalue weighted by molar-refractivity contribution is 0.170. The number of hydrogen-bond acceptors (Lipinski definition) is 3. The zero-order chi connectivity index (χ0) is 14.5. The van der Waals surface area contributed by atoms with Crippen LogP contribution >= 0.6 is 0 Å². The fourth-order valence-corrected chi connectivity index (χ4v) is 3.16. The summed E-state index contributed by atoms with van der Waals surface area (Å²) in [5, 5.41) is 0. The fourth-order valence-electron chi connectivity index (χ4n) is 3.16. The van der Waals surface area contributed by atoms with E-state index < -0.39 is 0 Å². The molecule has 0 spiro atoms. The SMILES string of the molecule is CCOc1ccc(C2=CCN(CC3CCOC3)CC2)cc1. The van der Waals surface area contributed by atoms with Gasteiger partial charge in [0.1, 0.15) is 5.75 Å². The molecule has 2 heterocycles. The van der Waals surface area contributed by atoms with Crippen LogP contribution in [0.15, 0.2) is 30.3 Å². The van der Waals surface area contributed by atoms with Crippen molar-refractivity contribution in [2.24, 2.45) is 5.92 Å². The zero-order valence-corrected chi connectivity index (χ0v) is 12.9. The molecule has 1 aromatic carbocycles. The van der Waals surface area contributed by atoms with Crippen LogP contribution in [0.5, 0.6) is 5.75 Å². The normalized spacial score (nSPS) is 23.1. The van der Waals surface area contributed by atoms with Crippen molar-refractivity contribution in [2.75, 3.05) is 39.5 Å². The first-order chi connectivity index (χ1) is 10.3. The summed E-state index contributed by atoms with van der Waals surface area (Å²) in [6.07, 6.45) is 4.75. The molecule has 0 bridgehead atoms. The highest BCUT2D eigenvalue weighted by Gasteiger charge is 2.20. The third kappa shape index (κ3) is 3.86. The lowest BCUT2D eigenvalue weighted by Crippen LogP contribution is -2.33. The molecule has 2 aliphatic rings. The summed E-state index contributed by atoms with van der Waals surface area (Å²) in [6.45, 7) is 8.06. The lowest BCUT2D eigenvalue weighted by atomic mass is 9.98. The van der Waals surface area contributed by atoms with E-state index in [1.807, 2.05) is 6.92 Å². The molecule has 0 N–H and O–H groups in total. The first-order valence-electron chi connectivity index (χ1n) is 8.07. The van der Waals surface area contributed by atoms with Gasteiger partial charge in [-0.15, -0.1) is 0 Å². The molecule has 2 aliphatic heterocycles. The molecule has 3 nitrogen and oxygen atoms in total. The van der Waals surface area contributed by atoms with Gasteiger partial charge in [-0.2, -0.15) is 0 Å². The summed E-state index contributed by atoms with van der Waals surface area (Å²) < 4.78 is 11.0. The maximum Gasteiger partial charge on any atom is 0.119 e. The molecule has 1 aromatic rings. The van der Waals surface area contributed by atoms with E-state index in [0.29, 0.717) is 0 Å². The van der Waals surface area contributed by atoms with E-state index in [9.17, 15) is 0 Å². The quantitative estimate of drug-likeness (QED) is 0.830. The molecule has 1 saturated heterocycles. The van der Waals surface area contributed by atoms with E-state index in [0.717, 1.165) is 51.0 Å². The average Bonchev–Trinajstić information content (AvgIpc) is 3.02. The second-order valence-corrected chi connectivity index (χ2v) is 5.93. The summed E-state index contributed by atoms with van der Waals surface area (Å²) in [7, 11) is 0. The third-order valence-electron chi connectivity index (χ3n) is 4.37. The highest BCUT2D eigenvalue weighted by atomic mass is 16.5. The van der Waals surface area contributed by atoms with Crippen LogP contribution in [0.1, 0.15) is 25.3 Å². The Morgan fingerprint density at radius 3 is 2.76 bits per heavy atom. The molecule has 1 unspecified atom stereocenters. The van der Waals surface area contributed by atoms with Crippen molar-refractivity contribution in [3.63, 3.8) is 0 Å². The minimum Gasteiger partial charge on any atom is -0.494 e. The Morgan fingerprint density at radius 1 is 1.29 bits per heavy atom. The molecule has 1 atom stereocenters. The molecule has 0 saturated carbocycles. The van der Waals surface area contributed by atoms with Crippen LogP contribution in [-0.2, 0) is 4.74 Å². The van der Waals surface area contributed by atoms with Gasteiger partial charge in [0.25, 0.3) is 0 Å². The summed E-state index contributed by atoms with van der Waals surface area (Å²) in [6, 6.07) is 8.50. The van der Waals surface area contributed by atoms with Gasteiger partial charge in [-0.1, -0.05) is 18.2 Å². The van der Waals surface area contributed by atoms with Crippen LogP contribution < -0.4 is 4.74 Å². The summed E-state index contributed by atoms with van der Waals surface area (Å²) in [5.41, 5.74) is 2.80. The van der Waals surface area contributed by atoms with Crippen molar-refractivity contribution in [1.82, 2.24) is 4.90 Å². The van der Waals surface area contributed by atoms with E-state index in [1.54, 1.807) is 0 Å². The Hall–Kier alpha value is -1.32. The van der Waals surface area contributed by atoms with Crippen molar-refractivity contribution in [3.05, 3.63) is 35.9 Å². The number of hydrogen-bond donors (Lipinski definition) is 0. The average molecular weight is 287 g/mol. The Morgan fingerprint density at radius 2 is 2.14 bits per heavy atom. The van der Waals surface area contributed by atoms with E-state index >= 15 is 0 Å². The number of rotatable bonds is 5. The van der Waals surface area contributed by atoms with Crippen LogP contribution in [0.3, 0.4) is 0 Å². The van der Waals surface area contributed by atoms with Crippen molar-refractivity contribution in [3.8, 4) is 5.75 Å². The van der Waals surface area contributed by atoms with Crippen LogP contribution in [0, 0.1) is 5.92 Å². The highest BCUT2D eigenvalue weighted by molar-refractivity contribution is 5.67. The smallest absolute Gasteiger partial charge is 0.119 e. The number of ether oxygens (including phenoxy) is 2. The first kappa shape index (κ1) is 14.6. The van der Waals surface area contributed by atoms with E-state index in [4.69, 9.17) is 9.47 Å². The largest absolute Gasteiger partial charge is 0.494 e. The van der Waals surface area contributed by atoms with Gasteiger partial charge >= 0.3 is 0 Å². The van der Waals surface area contributed by atoms with Gasteiger partial charge in [0.05, 0.1) is 13.2 Å². The molecule has 1 fully saturated rings. The summed E-state index contributed by atoms with van der Waals surface area (Å²) in [5.74, 6) is 1.70. The standard InChI is InChI=1S/C18H25NO2/c1-2-21-18-5-3-16(4-6-18)17-7-10-19(11-8-17)13-15-9-12-20-14-15/h3-7,15H,2,8-14H2,1H3. The Bertz CT molecular complexity index is 474. The molecule has 0 amide bonds. The molecule has 0 radical (unpaired) electrons. The van der Waals surface area contributed by atoms with Crippen LogP contribution in [-0.4, -0.2) is 44.4 Å². The van der Waals surface area contributed by atoms with E-state index in [1.165, 1.54) is 24.1 Å². The van der Waals surface area contributed by atoms with Crippen molar-refractivity contribution in [2.45, 2.75) is 19.8 Å². The molecule has 114 valence electrons. The van der Waals surface area contributed by atoms with Gasteiger partial charge in [-0.05, 0) is 49.0 Å². The molecular weight excluding hydrogens is 262 g/mol. The molecule has 3 heteroatoms.